The average Bonchev–Trinajstić information content (AvgIpc) is 3.63. The summed E-state index contributed by atoms with van der Waals surface area (Å²) in [6.45, 7) is 5.05. The number of carbonyl (C=O) groups excluding carboxylic acids is 2. The van der Waals surface area contributed by atoms with Gasteiger partial charge in [0, 0.05) is 46.4 Å². The van der Waals surface area contributed by atoms with Gasteiger partial charge in [-0.25, -0.2) is 0 Å². The monoisotopic (exact) mass is 518 g/mol. The van der Waals surface area contributed by atoms with E-state index in [-0.39, 0.29) is 0 Å². The van der Waals surface area contributed by atoms with E-state index in [2.05, 4.69) is 27.1 Å². The molecule has 0 spiro atoms. The van der Waals surface area contributed by atoms with Gasteiger partial charge in [0.2, 0.25) is 0 Å². The molecule has 0 bridgehead atoms. The lowest BCUT2D eigenvalue weighted by Gasteiger charge is -2.11. The molecule has 0 fully saturated rings. The van der Waals surface area contributed by atoms with Gasteiger partial charge >= 0.3 is 0 Å². The second-order valence-electron chi connectivity index (χ2n) is 9.65. The topological polar surface area (TPSA) is 88.2 Å². The van der Waals surface area contributed by atoms with Crippen molar-refractivity contribution in [3.8, 4) is 5.75 Å². The van der Waals surface area contributed by atoms with Crippen molar-refractivity contribution in [2.45, 2.75) is 26.5 Å². The highest BCUT2D eigenvalue weighted by Crippen LogP contribution is 2.41. The predicted molar refractivity (Wildman–Crippen MR) is 154 cm³/mol. The lowest BCUT2D eigenvalue weighted by Crippen LogP contribution is -2.22. The number of carbonyl (C=O) groups is 2. The summed E-state index contributed by atoms with van der Waals surface area (Å²) in [4.78, 5) is 29.9. The van der Waals surface area contributed by atoms with Crippen molar-refractivity contribution in [1.82, 2.24) is 20.2 Å². The Morgan fingerprint density at radius 2 is 1.64 bits per heavy atom. The molecule has 39 heavy (non-hydrogen) atoms. The number of hydrogen-bond donors (Lipinski definition) is 3. The van der Waals surface area contributed by atoms with Crippen LogP contribution >= 0.6 is 0 Å². The first-order chi connectivity index (χ1) is 19.2. The number of hydrogen-bond acceptors (Lipinski definition) is 4. The number of aryl methyl sites for hydroxylation is 1. The van der Waals surface area contributed by atoms with Gasteiger partial charge in [-0.3, -0.25) is 14.9 Å². The lowest BCUT2D eigenvalue weighted by molar-refractivity contribution is -0.122. The second kappa shape index (κ2) is 10.6. The molecule has 2 aromatic heterocycles. The number of H-pyrrole nitrogens is 1. The number of nitrogens with zero attached hydrogens (tertiary/aromatic N) is 1. The Balaban J connectivity index is 1.52. The summed E-state index contributed by atoms with van der Waals surface area (Å²) in [6, 6.07) is 23.7. The van der Waals surface area contributed by atoms with Gasteiger partial charge in [0.15, 0.2) is 0 Å². The Morgan fingerprint density at radius 1 is 0.872 bits per heavy atom. The minimum atomic E-state index is -0.398. The number of aromatic amines is 1. The minimum absolute atomic E-state index is 0.371. The molecule has 196 valence electrons. The van der Waals surface area contributed by atoms with Gasteiger partial charge in [0.1, 0.15) is 12.4 Å². The Morgan fingerprint density at radius 3 is 2.46 bits per heavy atom. The first-order valence-electron chi connectivity index (χ1n) is 13.3. The number of rotatable bonds is 10. The van der Waals surface area contributed by atoms with Crippen LogP contribution < -0.4 is 15.4 Å². The zero-order valence-corrected chi connectivity index (χ0v) is 21.8. The van der Waals surface area contributed by atoms with E-state index in [4.69, 9.17) is 4.74 Å². The zero-order chi connectivity index (χ0) is 26.8. The molecule has 5 aromatic rings. The molecule has 3 N–H and O–H groups in total. The first-order valence-corrected chi connectivity index (χ1v) is 13.3. The molecular formula is C32H30N4O3. The van der Waals surface area contributed by atoms with Crippen molar-refractivity contribution in [3.05, 3.63) is 102 Å². The normalized spacial score (nSPS) is 13.6. The second-order valence-corrected chi connectivity index (χ2v) is 9.65. The molecule has 2 amide bonds. The summed E-state index contributed by atoms with van der Waals surface area (Å²) in [6.07, 6.45) is 4.72. The minimum Gasteiger partial charge on any atom is -0.488 e. The van der Waals surface area contributed by atoms with Gasteiger partial charge in [-0.1, -0.05) is 61.5 Å². The van der Waals surface area contributed by atoms with Gasteiger partial charge in [0.25, 0.3) is 11.8 Å². The third-order valence-corrected chi connectivity index (χ3v) is 7.17. The van der Waals surface area contributed by atoms with Crippen molar-refractivity contribution < 1.29 is 14.3 Å². The number of fused-ring (bicyclic) bond motifs is 2. The number of benzene rings is 3. The fraction of sp³-hybridized carbons (Fsp3) is 0.188. The van der Waals surface area contributed by atoms with E-state index < -0.39 is 11.8 Å². The van der Waals surface area contributed by atoms with Gasteiger partial charge in [-0.05, 0) is 43.3 Å². The number of ether oxygens (including phenoxy) is 1. The van der Waals surface area contributed by atoms with E-state index in [1.54, 1.807) is 6.20 Å². The molecule has 0 radical (unpaired) electrons. The highest BCUT2D eigenvalue weighted by atomic mass is 16.5. The number of aromatic nitrogens is 2. The van der Waals surface area contributed by atoms with Gasteiger partial charge in [0.05, 0.1) is 16.7 Å². The first kappa shape index (κ1) is 24.7. The van der Waals surface area contributed by atoms with Crippen LogP contribution in [-0.2, 0) is 22.7 Å². The van der Waals surface area contributed by atoms with E-state index in [1.165, 1.54) is 0 Å². The van der Waals surface area contributed by atoms with Crippen molar-refractivity contribution in [3.63, 3.8) is 0 Å². The van der Waals surface area contributed by atoms with Gasteiger partial charge < -0.3 is 19.6 Å². The largest absolute Gasteiger partial charge is 0.488 e. The van der Waals surface area contributed by atoms with Crippen LogP contribution in [0.15, 0.2) is 85.2 Å². The molecule has 1 aliphatic heterocycles. The van der Waals surface area contributed by atoms with Crippen molar-refractivity contribution in [2.75, 3.05) is 13.1 Å². The molecule has 0 saturated heterocycles. The maximum Gasteiger partial charge on any atom is 0.259 e. The quantitative estimate of drug-likeness (QED) is 0.174. The molecule has 0 unspecified atom stereocenters. The molecule has 6 rings (SSSR count). The van der Waals surface area contributed by atoms with Crippen LogP contribution in [0.1, 0.15) is 30.0 Å². The number of para-hydroxylation sites is 1. The summed E-state index contributed by atoms with van der Waals surface area (Å²) >= 11 is 0. The Labute approximate surface area is 226 Å². The zero-order valence-electron chi connectivity index (χ0n) is 21.8. The highest BCUT2D eigenvalue weighted by molar-refractivity contribution is 6.51. The third kappa shape index (κ3) is 4.62. The van der Waals surface area contributed by atoms with E-state index in [0.29, 0.717) is 34.6 Å². The van der Waals surface area contributed by atoms with Crippen LogP contribution in [0.25, 0.3) is 33.0 Å². The number of nitrogens with one attached hydrogen (secondary N) is 3. The fourth-order valence-electron chi connectivity index (χ4n) is 5.35. The van der Waals surface area contributed by atoms with Crippen LogP contribution in [0.3, 0.4) is 0 Å². The lowest BCUT2D eigenvalue weighted by atomic mass is 9.95. The molecular weight excluding hydrogens is 488 g/mol. The van der Waals surface area contributed by atoms with Gasteiger partial charge in [-0.15, -0.1) is 0 Å². The van der Waals surface area contributed by atoms with Crippen LogP contribution in [0.5, 0.6) is 5.75 Å². The molecule has 7 heteroatoms. The van der Waals surface area contributed by atoms with E-state index >= 15 is 0 Å². The van der Waals surface area contributed by atoms with Crippen LogP contribution in [0.2, 0.25) is 0 Å². The third-order valence-electron chi connectivity index (χ3n) is 7.17. The maximum atomic E-state index is 13.4. The Hall–Kier alpha value is -4.62. The molecule has 3 heterocycles. The van der Waals surface area contributed by atoms with Crippen LogP contribution in [0, 0.1) is 0 Å². The Bertz CT molecular complexity index is 1710. The molecule has 0 aliphatic carbocycles. The molecule has 7 nitrogen and oxygen atoms in total. The van der Waals surface area contributed by atoms with E-state index in [9.17, 15) is 9.59 Å². The molecule has 0 saturated carbocycles. The van der Waals surface area contributed by atoms with Crippen molar-refractivity contribution >= 4 is 44.8 Å². The summed E-state index contributed by atoms with van der Waals surface area (Å²) in [5.41, 5.74) is 5.07. The SMILES string of the molecule is CCNCCCn1cc(C2=C(c3c[nH]c4ccccc34)C(=O)NC2=O)c2c(OCc3ccccc3)cccc21. The molecule has 1 aliphatic rings. The smallest absolute Gasteiger partial charge is 0.259 e. The van der Waals surface area contributed by atoms with Crippen molar-refractivity contribution in [1.29, 1.82) is 0 Å². The van der Waals surface area contributed by atoms with Crippen molar-refractivity contribution in [2.24, 2.45) is 0 Å². The predicted octanol–water partition coefficient (Wildman–Crippen LogP) is 5.27. The maximum absolute atomic E-state index is 13.4. The summed E-state index contributed by atoms with van der Waals surface area (Å²) in [5.74, 6) is -0.116. The summed E-state index contributed by atoms with van der Waals surface area (Å²) in [5, 5.41) is 7.65. The number of amides is 2. The fourth-order valence-corrected chi connectivity index (χ4v) is 5.35. The van der Waals surface area contributed by atoms with Crippen LogP contribution in [0.4, 0.5) is 0 Å². The van der Waals surface area contributed by atoms with Crippen LogP contribution in [-0.4, -0.2) is 34.5 Å². The van der Waals surface area contributed by atoms with Gasteiger partial charge in [-0.2, -0.15) is 0 Å². The molecule has 0 atom stereocenters. The average molecular weight is 519 g/mol. The summed E-state index contributed by atoms with van der Waals surface area (Å²) < 4.78 is 8.51. The standard InChI is InChI=1S/C32H30N4O3/c1-2-33-16-9-17-36-19-24(28-26(36)14-8-15-27(28)39-20-21-10-4-3-5-11-21)30-29(31(37)35-32(30)38)23-18-34-25-13-7-6-12-22(23)25/h3-8,10-15,18-19,33-34H,2,9,16-17,20H2,1H3,(H,35,37,38). The highest BCUT2D eigenvalue weighted by Gasteiger charge is 2.35. The number of imide groups is 1. The summed E-state index contributed by atoms with van der Waals surface area (Å²) in [7, 11) is 0. The Kier molecular flexibility index (Phi) is 6.73. The van der Waals surface area contributed by atoms with E-state index in [1.807, 2.05) is 79.0 Å². The molecule has 3 aromatic carbocycles. The van der Waals surface area contributed by atoms with E-state index in [0.717, 1.165) is 53.4 Å².